The molecule has 2 aromatic carbocycles. The molecule has 7 bridgehead atoms. The first-order valence-corrected chi connectivity index (χ1v) is 19.6. The zero-order valence-electron chi connectivity index (χ0n) is 29.2. The number of aliphatic hydroxyl groups is 3. The maximum Gasteiger partial charge on any atom is 0.339 e. The fourth-order valence-electron chi connectivity index (χ4n) is 12.7. The van der Waals surface area contributed by atoms with Crippen LogP contribution in [0.25, 0.3) is 0 Å². The number of likely N-dealkylation sites (N-methyl/N-ethyl adjacent to an activating group) is 1. The Labute approximate surface area is 293 Å². The van der Waals surface area contributed by atoms with Crippen molar-refractivity contribution in [3.63, 3.8) is 0 Å². The highest BCUT2D eigenvalue weighted by Crippen LogP contribution is 2.80. The second-order valence-corrected chi connectivity index (χ2v) is 17.7. The quantitative estimate of drug-likeness (QED) is 0.312. The summed E-state index contributed by atoms with van der Waals surface area (Å²) in [5, 5.41) is 37.0. The molecule has 0 aromatic heterocycles. The van der Waals surface area contributed by atoms with Crippen molar-refractivity contribution < 1.29 is 47.5 Å². The molecule has 11 nitrogen and oxygen atoms in total. The van der Waals surface area contributed by atoms with Gasteiger partial charge in [0, 0.05) is 68.9 Å². The molecule has 1 heterocycles. The van der Waals surface area contributed by atoms with Crippen molar-refractivity contribution in [1.82, 2.24) is 4.90 Å². The van der Waals surface area contributed by atoms with Crippen LogP contribution in [0.1, 0.15) is 54.9 Å². The number of benzene rings is 2. The van der Waals surface area contributed by atoms with E-state index in [0.29, 0.717) is 50.1 Å². The smallest absolute Gasteiger partial charge is 0.339 e. The maximum absolute atomic E-state index is 14.5. The van der Waals surface area contributed by atoms with Crippen LogP contribution in [0, 0.1) is 35.0 Å². The Morgan fingerprint density at radius 1 is 1.00 bits per heavy atom. The van der Waals surface area contributed by atoms with E-state index in [1.165, 1.54) is 19.2 Å². The second kappa shape index (κ2) is 11.7. The van der Waals surface area contributed by atoms with Crippen LogP contribution in [0.5, 0.6) is 5.75 Å². The van der Waals surface area contributed by atoms with Gasteiger partial charge in [-0.05, 0) is 74.0 Å². The minimum absolute atomic E-state index is 0.0750. The van der Waals surface area contributed by atoms with Crippen LogP contribution in [0.4, 0.5) is 0 Å². The van der Waals surface area contributed by atoms with Crippen molar-refractivity contribution in [2.75, 3.05) is 41.0 Å². The summed E-state index contributed by atoms with van der Waals surface area (Å²) in [5.74, 6) is -1.77. The molecule has 5 aliphatic carbocycles. The monoisotopic (exact) mass is 711 g/mol. The van der Waals surface area contributed by atoms with Gasteiger partial charge in [-0.2, -0.15) is 0 Å². The third-order valence-corrected chi connectivity index (χ3v) is 16.0. The maximum atomic E-state index is 14.5. The molecule has 1 saturated heterocycles. The average molecular weight is 712 g/mol. The van der Waals surface area contributed by atoms with Gasteiger partial charge in [0.05, 0.1) is 35.5 Å². The first-order valence-electron chi connectivity index (χ1n) is 17.9. The van der Waals surface area contributed by atoms with Crippen LogP contribution in [0.2, 0.25) is 0 Å². The summed E-state index contributed by atoms with van der Waals surface area (Å²) in [7, 11) is 0.948. The second-order valence-electron chi connectivity index (χ2n) is 15.7. The molecule has 6 fully saturated rings. The van der Waals surface area contributed by atoms with E-state index in [9.17, 15) is 28.5 Å². The SMILES string of the molecule is CCN1C[C@]2(OC(=O)c3ccccc3CS(=O)(=O)c3ccc(OC)cc3)CC[C@H](CO)[C@]34C1[C@H](CC23)[C@@]1(O)C[C@H](OC)[C@H]2CC4[C@]1(O)[C@H]2OC. The Morgan fingerprint density at radius 2 is 1.74 bits per heavy atom. The number of ether oxygens (including phenoxy) is 4. The first kappa shape index (κ1) is 34.5. The number of piperidine rings is 1. The highest BCUT2D eigenvalue weighted by Gasteiger charge is 2.88. The van der Waals surface area contributed by atoms with Crippen molar-refractivity contribution in [1.29, 1.82) is 0 Å². The van der Waals surface area contributed by atoms with Crippen molar-refractivity contribution >= 4 is 15.8 Å². The van der Waals surface area contributed by atoms with Gasteiger partial charge in [0.25, 0.3) is 0 Å². The van der Waals surface area contributed by atoms with Crippen molar-refractivity contribution in [3.05, 3.63) is 59.7 Å². The molecule has 12 heteroatoms. The van der Waals surface area contributed by atoms with E-state index in [-0.39, 0.29) is 65.1 Å². The lowest BCUT2D eigenvalue weighted by molar-refractivity contribution is -0.333. The van der Waals surface area contributed by atoms with Crippen molar-refractivity contribution in [2.24, 2.45) is 35.0 Å². The molecule has 0 radical (unpaired) electrons. The van der Waals surface area contributed by atoms with Gasteiger partial charge in [-0.1, -0.05) is 25.1 Å². The molecule has 12 atom stereocenters. The van der Waals surface area contributed by atoms with E-state index < -0.39 is 50.0 Å². The number of likely N-dealkylation sites (tertiary alicyclic amines) is 1. The third-order valence-electron chi connectivity index (χ3n) is 14.4. The topological polar surface area (TPSA) is 152 Å². The van der Waals surface area contributed by atoms with E-state index in [2.05, 4.69) is 11.8 Å². The van der Waals surface area contributed by atoms with Gasteiger partial charge in [0.2, 0.25) is 0 Å². The summed E-state index contributed by atoms with van der Waals surface area (Å²) in [6.45, 7) is 3.09. The van der Waals surface area contributed by atoms with E-state index in [1.54, 1.807) is 50.6 Å². The minimum Gasteiger partial charge on any atom is -0.497 e. The molecule has 2 aromatic rings. The van der Waals surface area contributed by atoms with E-state index in [4.69, 9.17) is 18.9 Å². The molecular weight excluding hydrogens is 662 g/mol. The number of carbonyl (C=O) groups is 1. The van der Waals surface area contributed by atoms with E-state index >= 15 is 0 Å². The molecule has 1 aliphatic heterocycles. The van der Waals surface area contributed by atoms with Gasteiger partial charge in [0.1, 0.15) is 22.6 Å². The van der Waals surface area contributed by atoms with Crippen LogP contribution in [-0.4, -0.2) is 111 Å². The molecular formula is C38H49NO10S. The Morgan fingerprint density at radius 3 is 2.40 bits per heavy atom. The lowest BCUT2D eigenvalue weighted by Gasteiger charge is -2.71. The lowest BCUT2D eigenvalue weighted by Crippen LogP contribution is -2.82. The van der Waals surface area contributed by atoms with Crippen LogP contribution in [-0.2, 0) is 29.8 Å². The van der Waals surface area contributed by atoms with Crippen LogP contribution >= 0.6 is 0 Å². The summed E-state index contributed by atoms with van der Waals surface area (Å²) < 4.78 is 51.1. The molecule has 50 heavy (non-hydrogen) atoms. The number of fused-ring (bicyclic) bond motifs is 2. The molecule has 3 N–H and O–H groups in total. The standard InChI is InChI=1S/C38H49NO10S/c1-5-39-21-35(49-34(41)26-9-7-6-8-22(26)20-50(44,45)25-12-10-24(46-2)11-13-25)15-14-23(19-40)37-30(35)17-28(32(37)39)36(42)18-29(47-3)27-16-31(37)38(36,43)33(27)48-4/h6-13,23,27-33,40,42-43H,5,14-21H2,1-4H3/t23-,27-,28+,29+,30?,31?,32?,33+,35-,36+,37+,38+/m1/s1. The summed E-state index contributed by atoms with van der Waals surface area (Å²) in [5.41, 5.74) is -4.15. The average Bonchev–Trinajstić information content (AvgIpc) is 3.54. The Hall–Kier alpha value is -2.58. The summed E-state index contributed by atoms with van der Waals surface area (Å²) in [6.07, 6.45) is 1.56. The number of hydrogen-bond acceptors (Lipinski definition) is 11. The first-order chi connectivity index (χ1) is 23.9. The van der Waals surface area contributed by atoms with Crippen molar-refractivity contribution in [2.45, 2.75) is 84.7 Å². The normalized spacial score (nSPS) is 42.7. The molecule has 0 amide bonds. The fraction of sp³-hybridized carbons (Fsp3) is 0.658. The zero-order valence-corrected chi connectivity index (χ0v) is 30.0. The number of hydrogen-bond donors (Lipinski definition) is 3. The number of sulfone groups is 1. The van der Waals surface area contributed by atoms with Crippen molar-refractivity contribution in [3.8, 4) is 5.75 Å². The number of methoxy groups -OCH3 is 3. The minimum atomic E-state index is -3.81. The highest BCUT2D eigenvalue weighted by atomic mass is 32.2. The molecule has 6 aliphatic rings. The number of carbonyl (C=O) groups excluding carboxylic acids is 1. The Balaban J connectivity index is 1.19. The third kappa shape index (κ3) is 4.24. The van der Waals surface area contributed by atoms with Gasteiger partial charge in [-0.3, -0.25) is 4.90 Å². The zero-order chi connectivity index (χ0) is 35.4. The summed E-state index contributed by atoms with van der Waals surface area (Å²) >= 11 is 0. The Bertz CT molecular complexity index is 1770. The number of esters is 1. The molecule has 3 unspecified atom stereocenters. The Kier molecular flexibility index (Phi) is 8.08. The molecule has 8 rings (SSSR count). The summed E-state index contributed by atoms with van der Waals surface area (Å²) in [4.78, 5) is 16.9. The lowest BCUT2D eigenvalue weighted by atomic mass is 9.42. The van der Waals surface area contributed by atoms with Gasteiger partial charge < -0.3 is 34.3 Å². The fourth-order valence-corrected chi connectivity index (χ4v) is 14.1. The van der Waals surface area contributed by atoms with E-state index in [1.807, 2.05) is 0 Å². The molecule has 5 saturated carbocycles. The van der Waals surface area contributed by atoms with Crippen LogP contribution in [0.3, 0.4) is 0 Å². The van der Waals surface area contributed by atoms with Gasteiger partial charge in [0.15, 0.2) is 9.84 Å². The van der Waals surface area contributed by atoms with Crippen LogP contribution in [0.15, 0.2) is 53.4 Å². The highest BCUT2D eigenvalue weighted by molar-refractivity contribution is 7.90. The predicted molar refractivity (Wildman–Crippen MR) is 181 cm³/mol. The molecule has 272 valence electrons. The largest absolute Gasteiger partial charge is 0.497 e. The number of aliphatic hydroxyl groups excluding tert-OH is 1. The molecule has 1 spiro atoms. The van der Waals surface area contributed by atoms with Gasteiger partial charge >= 0.3 is 5.97 Å². The van der Waals surface area contributed by atoms with E-state index in [0.717, 1.165) is 0 Å². The predicted octanol–water partition coefficient (Wildman–Crippen LogP) is 2.84. The summed E-state index contributed by atoms with van der Waals surface area (Å²) in [6, 6.07) is 12.7. The number of nitrogens with zero attached hydrogens (tertiary/aromatic N) is 1. The van der Waals surface area contributed by atoms with Crippen LogP contribution < -0.4 is 4.74 Å². The number of rotatable bonds is 10. The van der Waals surface area contributed by atoms with Gasteiger partial charge in [-0.15, -0.1) is 0 Å². The van der Waals surface area contributed by atoms with Gasteiger partial charge in [-0.25, -0.2) is 13.2 Å².